The first-order valence-corrected chi connectivity index (χ1v) is 1.79. The van der Waals surface area contributed by atoms with Crippen molar-refractivity contribution in [3.63, 3.8) is 0 Å². The van der Waals surface area contributed by atoms with E-state index >= 15 is 0 Å². The molecule has 0 fully saturated rings. The fourth-order valence-electron chi connectivity index (χ4n) is 0.134. The molecule has 0 spiro atoms. The van der Waals surface area contributed by atoms with Gasteiger partial charge in [-0.3, -0.25) is 0 Å². The molecule has 0 aliphatic carbocycles. The standard InChI is InChI=1S/C5H8O.H2O/c1-3-5-6-4-2;/h3-5H,2H2,1H3;1H2. The lowest BCUT2D eigenvalue weighted by atomic mass is 10.7. The van der Waals surface area contributed by atoms with Gasteiger partial charge in [0.25, 0.3) is 0 Å². The average Bonchev–Trinajstić information content (AvgIpc) is 1.61. The Bertz CT molecular complexity index is 57.1. The Balaban J connectivity index is 0. The molecule has 7 heavy (non-hydrogen) atoms. The van der Waals surface area contributed by atoms with Crippen molar-refractivity contribution >= 4 is 0 Å². The second-order valence-electron chi connectivity index (χ2n) is 0.772. The third kappa shape index (κ3) is 11.0. The second-order valence-corrected chi connectivity index (χ2v) is 0.772. The minimum Gasteiger partial charge on any atom is -0.474 e. The molecule has 0 radical (unpaired) electrons. The van der Waals surface area contributed by atoms with E-state index in [2.05, 4.69) is 11.3 Å². The number of rotatable bonds is 2. The van der Waals surface area contributed by atoms with E-state index in [1.54, 1.807) is 12.3 Å². The molecule has 0 saturated heterocycles. The highest BCUT2D eigenvalue weighted by atomic mass is 16.5. The van der Waals surface area contributed by atoms with Crippen molar-refractivity contribution in [1.82, 2.24) is 0 Å². The maximum atomic E-state index is 4.57. The SMILES string of the molecule is C=COC=CC.O. The highest BCUT2D eigenvalue weighted by Crippen LogP contribution is 1.72. The molecule has 0 aliphatic heterocycles. The van der Waals surface area contributed by atoms with Crippen molar-refractivity contribution in [2.75, 3.05) is 0 Å². The van der Waals surface area contributed by atoms with E-state index in [1.165, 1.54) is 6.26 Å². The number of ether oxygens (including phenoxy) is 1. The third-order valence-electron chi connectivity index (χ3n) is 0.311. The molecule has 0 aromatic carbocycles. The molecule has 0 aromatic rings. The van der Waals surface area contributed by atoms with Gasteiger partial charge in [0.05, 0.1) is 12.5 Å². The number of hydrogen-bond donors (Lipinski definition) is 0. The fourth-order valence-corrected chi connectivity index (χ4v) is 0.134. The van der Waals surface area contributed by atoms with Gasteiger partial charge in [-0.1, -0.05) is 12.7 Å². The van der Waals surface area contributed by atoms with Gasteiger partial charge < -0.3 is 10.2 Å². The van der Waals surface area contributed by atoms with Gasteiger partial charge in [0.1, 0.15) is 0 Å². The van der Waals surface area contributed by atoms with E-state index in [1.807, 2.05) is 6.92 Å². The first kappa shape index (κ1) is 9.53. The summed E-state index contributed by atoms with van der Waals surface area (Å²) in [5, 5.41) is 0. The van der Waals surface area contributed by atoms with Gasteiger partial charge in [0, 0.05) is 0 Å². The van der Waals surface area contributed by atoms with Crippen LogP contribution >= 0.6 is 0 Å². The Morgan fingerprint density at radius 1 is 1.57 bits per heavy atom. The van der Waals surface area contributed by atoms with Crippen LogP contribution in [-0.2, 0) is 4.74 Å². The minimum absolute atomic E-state index is 0. The van der Waals surface area contributed by atoms with E-state index in [0.29, 0.717) is 0 Å². The molecular formula is C5H10O2. The zero-order valence-corrected chi connectivity index (χ0v) is 4.35. The lowest BCUT2D eigenvalue weighted by molar-refractivity contribution is 0.404. The molecule has 0 unspecified atom stereocenters. The molecule has 2 heteroatoms. The zero-order valence-electron chi connectivity index (χ0n) is 4.35. The molecule has 0 aliphatic rings. The summed E-state index contributed by atoms with van der Waals surface area (Å²) in [7, 11) is 0. The summed E-state index contributed by atoms with van der Waals surface area (Å²) >= 11 is 0. The van der Waals surface area contributed by atoms with Crippen LogP contribution in [0.25, 0.3) is 0 Å². The van der Waals surface area contributed by atoms with Crippen LogP contribution in [-0.4, -0.2) is 5.48 Å². The monoisotopic (exact) mass is 102 g/mol. The van der Waals surface area contributed by atoms with Gasteiger partial charge in [-0.15, -0.1) is 0 Å². The largest absolute Gasteiger partial charge is 0.474 e. The van der Waals surface area contributed by atoms with Crippen molar-refractivity contribution in [2.24, 2.45) is 0 Å². The van der Waals surface area contributed by atoms with E-state index in [-0.39, 0.29) is 5.48 Å². The third-order valence-corrected chi connectivity index (χ3v) is 0.311. The molecule has 0 amide bonds. The molecule has 0 atom stereocenters. The molecule has 0 aromatic heterocycles. The Labute approximate surface area is 43.4 Å². The predicted octanol–water partition coefficient (Wildman–Crippen LogP) is 0.855. The Morgan fingerprint density at radius 3 is 2.29 bits per heavy atom. The predicted molar refractivity (Wildman–Crippen MR) is 29.7 cm³/mol. The highest BCUT2D eigenvalue weighted by molar-refractivity contribution is 4.68. The topological polar surface area (TPSA) is 40.7 Å². The van der Waals surface area contributed by atoms with Crippen LogP contribution < -0.4 is 0 Å². The maximum Gasteiger partial charge on any atom is 0.0858 e. The quantitative estimate of drug-likeness (QED) is 0.476. The Kier molecular flexibility index (Phi) is 12.2. The van der Waals surface area contributed by atoms with Gasteiger partial charge in [-0.2, -0.15) is 0 Å². The lowest BCUT2D eigenvalue weighted by Gasteiger charge is -1.79. The van der Waals surface area contributed by atoms with Crippen LogP contribution in [0.1, 0.15) is 6.92 Å². The van der Waals surface area contributed by atoms with E-state index in [4.69, 9.17) is 0 Å². The molecule has 0 rings (SSSR count). The fraction of sp³-hybridized carbons (Fsp3) is 0.200. The summed E-state index contributed by atoms with van der Waals surface area (Å²) in [6.45, 7) is 5.20. The zero-order chi connectivity index (χ0) is 4.83. The summed E-state index contributed by atoms with van der Waals surface area (Å²) in [5.74, 6) is 0. The summed E-state index contributed by atoms with van der Waals surface area (Å²) in [6, 6.07) is 0. The molecule has 2 nitrogen and oxygen atoms in total. The van der Waals surface area contributed by atoms with Crippen molar-refractivity contribution in [3.05, 3.63) is 25.2 Å². The smallest absolute Gasteiger partial charge is 0.0858 e. The van der Waals surface area contributed by atoms with Gasteiger partial charge in [0.2, 0.25) is 0 Å². The average molecular weight is 102 g/mol. The summed E-state index contributed by atoms with van der Waals surface area (Å²) in [6.07, 6.45) is 4.73. The molecule has 42 valence electrons. The molecule has 0 bridgehead atoms. The maximum absolute atomic E-state index is 4.57. The van der Waals surface area contributed by atoms with E-state index < -0.39 is 0 Å². The van der Waals surface area contributed by atoms with Gasteiger partial charge in [-0.05, 0) is 6.92 Å². The van der Waals surface area contributed by atoms with Crippen molar-refractivity contribution in [2.45, 2.75) is 6.92 Å². The van der Waals surface area contributed by atoms with Crippen LogP contribution in [0.5, 0.6) is 0 Å². The second kappa shape index (κ2) is 8.97. The first-order valence-electron chi connectivity index (χ1n) is 1.79. The van der Waals surface area contributed by atoms with Gasteiger partial charge >= 0.3 is 0 Å². The van der Waals surface area contributed by atoms with E-state index in [9.17, 15) is 0 Å². The van der Waals surface area contributed by atoms with Crippen molar-refractivity contribution in [1.29, 1.82) is 0 Å². The highest BCUT2D eigenvalue weighted by Gasteiger charge is 1.53. The molecule has 2 N–H and O–H groups in total. The van der Waals surface area contributed by atoms with Crippen molar-refractivity contribution < 1.29 is 10.2 Å². The van der Waals surface area contributed by atoms with Gasteiger partial charge in [-0.25, -0.2) is 0 Å². The number of allylic oxidation sites excluding steroid dienone is 1. The summed E-state index contributed by atoms with van der Waals surface area (Å²) in [5.41, 5.74) is 0. The van der Waals surface area contributed by atoms with Crippen LogP contribution in [0, 0.1) is 0 Å². The Hall–Kier alpha value is -0.760. The molecule has 0 heterocycles. The lowest BCUT2D eigenvalue weighted by Crippen LogP contribution is -1.56. The normalized spacial score (nSPS) is 7.57. The summed E-state index contributed by atoms with van der Waals surface area (Å²) < 4.78 is 4.57. The van der Waals surface area contributed by atoms with Crippen molar-refractivity contribution in [3.8, 4) is 0 Å². The number of hydrogen-bond acceptors (Lipinski definition) is 1. The molecule has 0 saturated carbocycles. The minimum atomic E-state index is 0. The van der Waals surface area contributed by atoms with Gasteiger partial charge in [0.15, 0.2) is 0 Å². The molecular weight excluding hydrogens is 92.1 g/mol. The first-order chi connectivity index (χ1) is 2.91. The van der Waals surface area contributed by atoms with Crippen LogP contribution in [0.3, 0.4) is 0 Å². The van der Waals surface area contributed by atoms with Crippen LogP contribution in [0.15, 0.2) is 25.2 Å². The summed E-state index contributed by atoms with van der Waals surface area (Å²) in [4.78, 5) is 0. The Morgan fingerprint density at radius 2 is 2.14 bits per heavy atom. The van der Waals surface area contributed by atoms with E-state index in [0.717, 1.165) is 0 Å². The van der Waals surface area contributed by atoms with Crippen LogP contribution in [0.4, 0.5) is 0 Å². The van der Waals surface area contributed by atoms with Crippen LogP contribution in [0.2, 0.25) is 0 Å².